The number of para-hydroxylation sites is 1. The van der Waals surface area contributed by atoms with Crippen molar-refractivity contribution in [1.29, 1.82) is 0 Å². The van der Waals surface area contributed by atoms with Gasteiger partial charge in [-0.3, -0.25) is 9.52 Å². The van der Waals surface area contributed by atoms with Crippen molar-refractivity contribution in [3.05, 3.63) is 70.2 Å². The molecule has 0 saturated heterocycles. The first-order valence-corrected chi connectivity index (χ1v) is 11.1. The van der Waals surface area contributed by atoms with Gasteiger partial charge in [0.2, 0.25) is 0 Å². The molecule has 1 heterocycles. The minimum atomic E-state index is -3.77. The average molecular weight is 432 g/mol. The Labute approximate surface area is 173 Å². The Balaban J connectivity index is 1.72. The van der Waals surface area contributed by atoms with E-state index in [1.54, 1.807) is 26.2 Å². The molecule has 0 radical (unpaired) electrons. The minimum absolute atomic E-state index is 0.137. The number of carbonyl (C=O) groups is 1. The van der Waals surface area contributed by atoms with Gasteiger partial charge in [0.05, 0.1) is 17.7 Å². The van der Waals surface area contributed by atoms with Crippen molar-refractivity contribution in [2.75, 3.05) is 11.8 Å². The van der Waals surface area contributed by atoms with Crippen molar-refractivity contribution in [2.45, 2.75) is 25.3 Å². The monoisotopic (exact) mass is 431 g/mol. The van der Waals surface area contributed by atoms with Crippen LogP contribution in [-0.2, 0) is 16.6 Å². The number of methoxy groups -OCH3 is 1. The Morgan fingerprint density at radius 1 is 1.10 bits per heavy atom. The number of hydrogen-bond acceptors (Lipinski definition) is 6. The lowest BCUT2D eigenvalue weighted by Crippen LogP contribution is -2.22. The fourth-order valence-corrected chi connectivity index (χ4v) is 4.76. The van der Waals surface area contributed by atoms with E-state index in [9.17, 15) is 13.2 Å². The molecule has 7 nitrogen and oxygen atoms in total. The molecule has 0 unspecified atom stereocenters. The Kier molecular flexibility index (Phi) is 6.19. The molecule has 2 N–H and O–H groups in total. The molecule has 0 saturated carbocycles. The van der Waals surface area contributed by atoms with E-state index < -0.39 is 10.0 Å². The number of aryl methyl sites for hydroxylation is 2. The highest BCUT2D eigenvalue weighted by atomic mass is 32.2. The third-order valence-electron chi connectivity index (χ3n) is 4.19. The third kappa shape index (κ3) is 4.93. The molecule has 0 aliphatic heterocycles. The first kappa shape index (κ1) is 20.8. The van der Waals surface area contributed by atoms with Gasteiger partial charge in [-0.2, -0.15) is 0 Å². The van der Waals surface area contributed by atoms with E-state index in [2.05, 4.69) is 15.0 Å². The van der Waals surface area contributed by atoms with Crippen molar-refractivity contribution in [2.24, 2.45) is 0 Å². The SMILES string of the molecule is COc1ccccc1CNC(=O)c1sc(NS(=O)(=O)c2ccc(C)cc2)nc1C. The second kappa shape index (κ2) is 8.62. The number of ether oxygens (including phenoxy) is 1. The van der Waals surface area contributed by atoms with E-state index in [4.69, 9.17) is 4.74 Å². The molecule has 3 aromatic rings. The normalized spacial score (nSPS) is 11.1. The molecule has 0 spiro atoms. The molecular formula is C20H21N3O4S2. The number of rotatable bonds is 7. The van der Waals surface area contributed by atoms with Crippen LogP contribution in [0.2, 0.25) is 0 Å². The van der Waals surface area contributed by atoms with Gasteiger partial charge in [0, 0.05) is 12.1 Å². The lowest BCUT2D eigenvalue weighted by Gasteiger charge is -2.09. The van der Waals surface area contributed by atoms with Crippen molar-refractivity contribution in [1.82, 2.24) is 10.3 Å². The maximum Gasteiger partial charge on any atom is 0.263 e. The fraction of sp³-hybridized carbons (Fsp3) is 0.200. The molecular weight excluding hydrogens is 410 g/mol. The highest BCUT2D eigenvalue weighted by Crippen LogP contribution is 2.25. The van der Waals surface area contributed by atoms with Gasteiger partial charge in [0.15, 0.2) is 5.13 Å². The lowest BCUT2D eigenvalue weighted by atomic mass is 10.2. The van der Waals surface area contributed by atoms with Crippen molar-refractivity contribution < 1.29 is 17.9 Å². The van der Waals surface area contributed by atoms with Crippen LogP contribution in [0.15, 0.2) is 53.4 Å². The summed E-state index contributed by atoms with van der Waals surface area (Å²) in [5, 5.41) is 2.96. The number of hydrogen-bond donors (Lipinski definition) is 2. The molecule has 0 atom stereocenters. The molecule has 9 heteroatoms. The number of carbonyl (C=O) groups excluding carboxylic acids is 1. The summed E-state index contributed by atoms with van der Waals surface area (Å²) in [6, 6.07) is 13.9. The fourth-order valence-electron chi connectivity index (χ4n) is 2.65. The van der Waals surface area contributed by atoms with Gasteiger partial charge < -0.3 is 10.1 Å². The van der Waals surface area contributed by atoms with Gasteiger partial charge in [0.25, 0.3) is 15.9 Å². The lowest BCUT2D eigenvalue weighted by molar-refractivity contribution is 0.0954. The van der Waals surface area contributed by atoms with Gasteiger partial charge in [-0.25, -0.2) is 13.4 Å². The van der Waals surface area contributed by atoms with Crippen molar-refractivity contribution in [3.8, 4) is 5.75 Å². The molecule has 1 amide bonds. The number of anilines is 1. The summed E-state index contributed by atoms with van der Waals surface area (Å²) in [5.41, 5.74) is 2.25. The summed E-state index contributed by atoms with van der Waals surface area (Å²) in [7, 11) is -2.20. The Hall–Kier alpha value is -2.91. The summed E-state index contributed by atoms with van der Waals surface area (Å²) in [6.07, 6.45) is 0. The van der Waals surface area contributed by atoms with Crippen LogP contribution < -0.4 is 14.8 Å². The summed E-state index contributed by atoms with van der Waals surface area (Å²) in [4.78, 5) is 17.2. The molecule has 29 heavy (non-hydrogen) atoms. The van der Waals surface area contributed by atoms with Crippen molar-refractivity contribution >= 4 is 32.4 Å². The number of benzene rings is 2. The quantitative estimate of drug-likeness (QED) is 0.597. The van der Waals surface area contributed by atoms with Crippen LogP contribution in [0, 0.1) is 13.8 Å². The molecule has 0 aliphatic carbocycles. The van der Waals surface area contributed by atoms with Crippen LogP contribution >= 0.6 is 11.3 Å². The number of amides is 1. The zero-order valence-corrected chi connectivity index (χ0v) is 17.9. The first-order chi connectivity index (χ1) is 13.8. The Bertz CT molecular complexity index is 1120. The Morgan fingerprint density at radius 3 is 2.48 bits per heavy atom. The van der Waals surface area contributed by atoms with Crippen LogP contribution in [0.4, 0.5) is 5.13 Å². The summed E-state index contributed by atoms with van der Waals surface area (Å²) in [6.45, 7) is 3.83. The van der Waals surface area contributed by atoms with Gasteiger partial charge in [-0.05, 0) is 32.0 Å². The predicted octanol–water partition coefficient (Wildman–Crippen LogP) is 3.50. The number of aromatic nitrogens is 1. The summed E-state index contributed by atoms with van der Waals surface area (Å²) >= 11 is 0.993. The van der Waals surface area contributed by atoms with Gasteiger partial charge in [-0.15, -0.1) is 0 Å². The number of nitrogens with zero attached hydrogens (tertiary/aromatic N) is 1. The van der Waals surface area contributed by atoms with Crippen LogP contribution in [0.25, 0.3) is 0 Å². The van der Waals surface area contributed by atoms with Crippen LogP contribution in [-0.4, -0.2) is 26.4 Å². The zero-order valence-electron chi connectivity index (χ0n) is 16.2. The average Bonchev–Trinajstić information content (AvgIpc) is 3.06. The van der Waals surface area contributed by atoms with E-state index in [0.717, 1.165) is 22.5 Å². The molecule has 3 rings (SSSR count). The standard InChI is InChI=1S/C20H21N3O4S2/c1-13-8-10-16(11-9-13)29(25,26)23-20-22-14(2)18(28-20)19(24)21-12-15-6-4-5-7-17(15)27-3/h4-11H,12H2,1-3H3,(H,21,24)(H,22,23). The maximum absolute atomic E-state index is 12.6. The molecule has 0 fully saturated rings. The smallest absolute Gasteiger partial charge is 0.263 e. The topological polar surface area (TPSA) is 97.4 Å². The van der Waals surface area contributed by atoms with Gasteiger partial charge >= 0.3 is 0 Å². The van der Waals surface area contributed by atoms with Crippen LogP contribution in [0.3, 0.4) is 0 Å². The van der Waals surface area contributed by atoms with Gasteiger partial charge in [-0.1, -0.05) is 47.2 Å². The molecule has 0 bridgehead atoms. The van der Waals surface area contributed by atoms with E-state index >= 15 is 0 Å². The van der Waals surface area contributed by atoms with Crippen LogP contribution in [0.1, 0.15) is 26.5 Å². The minimum Gasteiger partial charge on any atom is -0.496 e. The maximum atomic E-state index is 12.6. The molecule has 0 aliphatic rings. The number of nitrogens with one attached hydrogen (secondary N) is 2. The number of thiazole rings is 1. The highest BCUT2D eigenvalue weighted by molar-refractivity contribution is 7.93. The van der Waals surface area contributed by atoms with Crippen molar-refractivity contribution in [3.63, 3.8) is 0 Å². The molecule has 2 aromatic carbocycles. The number of sulfonamides is 1. The first-order valence-electron chi connectivity index (χ1n) is 8.77. The zero-order chi connectivity index (χ0) is 21.0. The summed E-state index contributed by atoms with van der Waals surface area (Å²) in [5.74, 6) is 0.354. The Morgan fingerprint density at radius 2 is 1.79 bits per heavy atom. The second-order valence-electron chi connectivity index (χ2n) is 6.35. The largest absolute Gasteiger partial charge is 0.496 e. The van der Waals surface area contributed by atoms with E-state index in [1.807, 2.05) is 31.2 Å². The predicted molar refractivity (Wildman–Crippen MR) is 113 cm³/mol. The highest BCUT2D eigenvalue weighted by Gasteiger charge is 2.20. The van der Waals surface area contributed by atoms with E-state index in [-0.39, 0.29) is 22.5 Å². The third-order valence-corrected chi connectivity index (χ3v) is 6.74. The van der Waals surface area contributed by atoms with E-state index in [1.165, 1.54) is 12.1 Å². The molecule has 152 valence electrons. The molecule has 1 aromatic heterocycles. The van der Waals surface area contributed by atoms with Gasteiger partial charge in [0.1, 0.15) is 10.6 Å². The van der Waals surface area contributed by atoms with E-state index in [0.29, 0.717) is 16.3 Å². The summed E-state index contributed by atoms with van der Waals surface area (Å²) < 4.78 is 32.8. The van der Waals surface area contributed by atoms with Crippen LogP contribution in [0.5, 0.6) is 5.75 Å². The second-order valence-corrected chi connectivity index (χ2v) is 9.03.